The summed E-state index contributed by atoms with van der Waals surface area (Å²) < 4.78 is 24.3. The Hall–Kier alpha value is -2.07. The fraction of sp³-hybridized carbons (Fsp3) is 0.294. The molecule has 21 heavy (non-hydrogen) atoms. The van der Waals surface area contributed by atoms with Gasteiger partial charge in [0.1, 0.15) is 5.75 Å². The third kappa shape index (κ3) is 3.52. The highest BCUT2D eigenvalue weighted by atomic mass is 19.1. The summed E-state index contributed by atoms with van der Waals surface area (Å²) in [5, 5.41) is 0. The van der Waals surface area contributed by atoms with Gasteiger partial charge in [0.2, 0.25) is 0 Å². The molecular weight excluding hydrogens is 269 g/mol. The number of methoxy groups -OCH3 is 1. The van der Waals surface area contributed by atoms with Crippen molar-refractivity contribution < 1.29 is 13.9 Å². The third-order valence-electron chi connectivity index (χ3n) is 3.15. The van der Waals surface area contributed by atoms with E-state index in [9.17, 15) is 4.39 Å². The van der Waals surface area contributed by atoms with Crippen molar-refractivity contribution in [3.63, 3.8) is 0 Å². The van der Waals surface area contributed by atoms with E-state index in [-0.39, 0.29) is 11.9 Å². The van der Waals surface area contributed by atoms with Gasteiger partial charge in [0.15, 0.2) is 11.6 Å². The van der Waals surface area contributed by atoms with E-state index in [1.165, 1.54) is 13.2 Å². The number of hydrogen-bond donors (Lipinski definition) is 1. The summed E-state index contributed by atoms with van der Waals surface area (Å²) in [5.74, 6) is 0.522. The lowest BCUT2D eigenvalue weighted by molar-refractivity contribution is 0.239. The molecule has 2 aromatic carbocycles. The van der Waals surface area contributed by atoms with Crippen LogP contribution in [0.15, 0.2) is 42.5 Å². The highest BCUT2D eigenvalue weighted by Gasteiger charge is 2.16. The zero-order valence-electron chi connectivity index (χ0n) is 12.5. The lowest BCUT2D eigenvalue weighted by Gasteiger charge is -2.19. The molecule has 3 nitrogen and oxygen atoms in total. The molecule has 0 spiro atoms. The largest absolute Gasteiger partial charge is 0.494 e. The Labute approximate surface area is 124 Å². The van der Waals surface area contributed by atoms with Gasteiger partial charge in [0.25, 0.3) is 0 Å². The van der Waals surface area contributed by atoms with Gasteiger partial charge in [-0.25, -0.2) is 4.39 Å². The minimum Gasteiger partial charge on any atom is -0.494 e. The van der Waals surface area contributed by atoms with Gasteiger partial charge < -0.3 is 15.2 Å². The number of halogens is 1. The van der Waals surface area contributed by atoms with Gasteiger partial charge in [-0.3, -0.25) is 0 Å². The molecule has 0 bridgehead atoms. The Kier molecular flexibility index (Phi) is 4.81. The first-order valence-corrected chi connectivity index (χ1v) is 6.87. The molecule has 2 N–H and O–H groups in total. The topological polar surface area (TPSA) is 44.5 Å². The molecular formula is C17H20FNO2. The Balaban J connectivity index is 2.38. The van der Waals surface area contributed by atoms with E-state index in [0.717, 1.165) is 16.9 Å². The normalized spacial score (nSPS) is 12.3. The van der Waals surface area contributed by atoms with Gasteiger partial charge in [0.05, 0.1) is 19.3 Å². The summed E-state index contributed by atoms with van der Waals surface area (Å²) in [6, 6.07) is 11.8. The molecule has 0 aliphatic heterocycles. The summed E-state index contributed by atoms with van der Waals surface area (Å²) in [7, 11) is 1.43. The van der Waals surface area contributed by atoms with E-state index >= 15 is 0 Å². The second-order valence-electron chi connectivity index (χ2n) is 5.08. The number of ether oxygens (including phenoxy) is 2. The van der Waals surface area contributed by atoms with E-state index < -0.39 is 11.9 Å². The Morgan fingerprint density at radius 3 is 2.43 bits per heavy atom. The van der Waals surface area contributed by atoms with Crippen molar-refractivity contribution >= 4 is 0 Å². The second-order valence-corrected chi connectivity index (χ2v) is 5.08. The monoisotopic (exact) mass is 289 g/mol. The first-order valence-electron chi connectivity index (χ1n) is 6.87. The van der Waals surface area contributed by atoms with Crippen LogP contribution in [0, 0.1) is 5.82 Å². The lowest BCUT2D eigenvalue weighted by Crippen LogP contribution is -2.15. The van der Waals surface area contributed by atoms with Crippen LogP contribution in [-0.2, 0) is 0 Å². The number of para-hydroxylation sites is 1. The van der Waals surface area contributed by atoms with Crippen LogP contribution in [0.5, 0.6) is 11.5 Å². The van der Waals surface area contributed by atoms with Crippen LogP contribution >= 0.6 is 0 Å². The molecule has 0 aromatic heterocycles. The molecule has 0 aliphatic rings. The maximum Gasteiger partial charge on any atom is 0.165 e. The predicted molar refractivity (Wildman–Crippen MR) is 81.2 cm³/mol. The van der Waals surface area contributed by atoms with Crippen molar-refractivity contribution in [3.8, 4) is 11.5 Å². The predicted octanol–water partition coefficient (Wildman–Crippen LogP) is 3.67. The van der Waals surface area contributed by atoms with Crippen LogP contribution in [-0.4, -0.2) is 13.2 Å². The third-order valence-corrected chi connectivity index (χ3v) is 3.15. The quantitative estimate of drug-likeness (QED) is 0.913. The molecule has 0 heterocycles. The average Bonchev–Trinajstić information content (AvgIpc) is 2.47. The molecule has 0 aliphatic carbocycles. The first-order chi connectivity index (χ1) is 10.0. The van der Waals surface area contributed by atoms with Crippen molar-refractivity contribution in [3.05, 3.63) is 59.4 Å². The molecule has 112 valence electrons. The SMILES string of the molecule is COc1cc(C(N)c2ccccc2OC(C)C)ccc1F. The summed E-state index contributed by atoms with van der Waals surface area (Å²) >= 11 is 0. The fourth-order valence-electron chi connectivity index (χ4n) is 2.15. The van der Waals surface area contributed by atoms with Crippen LogP contribution in [0.3, 0.4) is 0 Å². The first kappa shape index (κ1) is 15.3. The molecule has 0 amide bonds. The molecule has 2 aromatic rings. The van der Waals surface area contributed by atoms with Crippen LogP contribution in [0.1, 0.15) is 31.0 Å². The fourth-order valence-corrected chi connectivity index (χ4v) is 2.15. The summed E-state index contributed by atoms with van der Waals surface area (Å²) in [5.41, 5.74) is 7.94. The van der Waals surface area contributed by atoms with Gasteiger partial charge in [-0.1, -0.05) is 24.3 Å². The van der Waals surface area contributed by atoms with E-state index in [1.807, 2.05) is 38.1 Å². The van der Waals surface area contributed by atoms with Crippen molar-refractivity contribution in [2.75, 3.05) is 7.11 Å². The Morgan fingerprint density at radius 1 is 1.05 bits per heavy atom. The highest BCUT2D eigenvalue weighted by Crippen LogP contribution is 2.31. The highest BCUT2D eigenvalue weighted by molar-refractivity contribution is 5.43. The van der Waals surface area contributed by atoms with Crippen molar-refractivity contribution in [2.45, 2.75) is 26.0 Å². The zero-order valence-corrected chi connectivity index (χ0v) is 12.5. The maximum atomic E-state index is 13.5. The van der Waals surface area contributed by atoms with Gasteiger partial charge in [0, 0.05) is 5.56 Å². The zero-order chi connectivity index (χ0) is 15.4. The summed E-state index contributed by atoms with van der Waals surface area (Å²) in [6.07, 6.45) is 0.0566. The smallest absolute Gasteiger partial charge is 0.165 e. The van der Waals surface area contributed by atoms with E-state index in [0.29, 0.717) is 0 Å². The minimum atomic E-state index is -0.408. The molecule has 0 radical (unpaired) electrons. The molecule has 0 saturated heterocycles. The Morgan fingerprint density at radius 2 is 1.76 bits per heavy atom. The van der Waals surface area contributed by atoms with Crippen LogP contribution in [0.25, 0.3) is 0 Å². The van der Waals surface area contributed by atoms with Crippen molar-refractivity contribution in [1.82, 2.24) is 0 Å². The lowest BCUT2D eigenvalue weighted by atomic mass is 9.98. The van der Waals surface area contributed by atoms with Crippen molar-refractivity contribution in [1.29, 1.82) is 0 Å². The number of hydrogen-bond acceptors (Lipinski definition) is 3. The molecule has 1 atom stereocenters. The van der Waals surface area contributed by atoms with Gasteiger partial charge in [-0.2, -0.15) is 0 Å². The molecule has 2 rings (SSSR count). The number of nitrogens with two attached hydrogens (primary N) is 1. The summed E-state index contributed by atoms with van der Waals surface area (Å²) in [6.45, 7) is 3.92. The number of rotatable bonds is 5. The molecule has 0 saturated carbocycles. The van der Waals surface area contributed by atoms with E-state index in [1.54, 1.807) is 12.1 Å². The van der Waals surface area contributed by atoms with Gasteiger partial charge in [-0.05, 0) is 37.6 Å². The standard InChI is InChI=1S/C17H20FNO2/c1-11(2)21-15-7-5-4-6-13(15)17(19)12-8-9-14(18)16(10-12)20-3/h4-11,17H,19H2,1-3H3. The van der Waals surface area contributed by atoms with E-state index in [4.69, 9.17) is 15.2 Å². The summed E-state index contributed by atoms with van der Waals surface area (Å²) in [4.78, 5) is 0. The van der Waals surface area contributed by atoms with E-state index in [2.05, 4.69) is 0 Å². The maximum absolute atomic E-state index is 13.5. The average molecular weight is 289 g/mol. The molecule has 4 heteroatoms. The van der Waals surface area contributed by atoms with Gasteiger partial charge >= 0.3 is 0 Å². The number of benzene rings is 2. The molecule has 0 fully saturated rings. The second kappa shape index (κ2) is 6.59. The van der Waals surface area contributed by atoms with Gasteiger partial charge in [-0.15, -0.1) is 0 Å². The van der Waals surface area contributed by atoms with Crippen molar-refractivity contribution in [2.24, 2.45) is 5.73 Å². The molecule has 1 unspecified atom stereocenters. The van der Waals surface area contributed by atoms with Crippen LogP contribution in [0.2, 0.25) is 0 Å². The minimum absolute atomic E-state index is 0.0566. The Bertz CT molecular complexity index is 613. The van der Waals surface area contributed by atoms with Crippen LogP contribution < -0.4 is 15.2 Å². The van der Waals surface area contributed by atoms with Crippen LogP contribution in [0.4, 0.5) is 4.39 Å².